The number of aromatic amines is 1. The molecule has 2 atom stereocenters. The normalized spacial score (nSPS) is 34.1. The Kier molecular flexibility index (Phi) is 1.73. The number of nitrogens with zero attached hydrogens (tertiary/aromatic N) is 2. The van der Waals surface area contributed by atoms with E-state index in [-0.39, 0.29) is 5.16 Å². The molecule has 82 valence electrons. The lowest BCUT2D eigenvalue weighted by molar-refractivity contribution is 0.584. The molecule has 0 spiro atoms. The number of rotatable bonds is 2. The van der Waals surface area contributed by atoms with Crippen molar-refractivity contribution in [1.82, 2.24) is 15.2 Å². The van der Waals surface area contributed by atoms with Crippen LogP contribution in [0.3, 0.4) is 0 Å². The first-order valence-electron chi connectivity index (χ1n) is 4.99. The predicted molar refractivity (Wildman–Crippen MR) is 51.3 cm³/mol. The molecule has 2 aliphatic rings. The maximum atomic E-state index is 11.0. The highest BCUT2D eigenvalue weighted by Crippen LogP contribution is 2.56. The fourth-order valence-corrected chi connectivity index (χ4v) is 2.90. The Morgan fingerprint density at radius 2 is 1.93 bits per heavy atom. The van der Waals surface area contributed by atoms with E-state index in [1.165, 1.54) is 6.42 Å². The van der Waals surface area contributed by atoms with Gasteiger partial charge in [-0.15, -0.1) is 5.10 Å². The summed E-state index contributed by atoms with van der Waals surface area (Å²) < 4.78 is 21.9. The Hall–Kier alpha value is -0.950. The molecule has 0 amide bonds. The van der Waals surface area contributed by atoms with Crippen molar-refractivity contribution in [2.75, 3.05) is 0 Å². The fourth-order valence-electron chi connectivity index (χ4n) is 2.51. The van der Waals surface area contributed by atoms with E-state index in [0.29, 0.717) is 11.7 Å². The van der Waals surface area contributed by atoms with Crippen molar-refractivity contribution < 1.29 is 8.42 Å². The molecule has 0 bridgehead atoms. The van der Waals surface area contributed by atoms with E-state index in [9.17, 15) is 8.42 Å². The van der Waals surface area contributed by atoms with Gasteiger partial charge in [0, 0.05) is 5.92 Å². The smallest absolute Gasteiger partial charge is 0.262 e. The first-order valence-corrected chi connectivity index (χ1v) is 6.54. The van der Waals surface area contributed by atoms with E-state index in [1.807, 2.05) is 0 Å². The zero-order chi connectivity index (χ0) is 10.6. The van der Waals surface area contributed by atoms with Crippen molar-refractivity contribution in [3.8, 4) is 0 Å². The average Bonchev–Trinajstić information content (AvgIpc) is 2.68. The lowest BCUT2D eigenvalue weighted by atomic mass is 10.0. The van der Waals surface area contributed by atoms with E-state index >= 15 is 0 Å². The molecule has 1 heterocycles. The van der Waals surface area contributed by atoms with E-state index < -0.39 is 10.0 Å². The van der Waals surface area contributed by atoms with Crippen LogP contribution >= 0.6 is 0 Å². The van der Waals surface area contributed by atoms with Crippen molar-refractivity contribution in [3.63, 3.8) is 0 Å². The standard InChI is InChI=1S/C8H12N4O2S/c9-15(13,14)8-10-7(11-12-8)6-2-4-1-5(4)3-6/h4-6H,1-3H2,(H2,9,13,14)(H,10,11,12). The van der Waals surface area contributed by atoms with Gasteiger partial charge < -0.3 is 0 Å². The minimum absolute atomic E-state index is 0.293. The molecule has 7 heteroatoms. The van der Waals surface area contributed by atoms with Crippen LogP contribution in [0.15, 0.2) is 5.16 Å². The van der Waals surface area contributed by atoms with Crippen molar-refractivity contribution in [2.45, 2.75) is 30.3 Å². The first kappa shape index (κ1) is 9.29. The minimum atomic E-state index is -3.77. The Morgan fingerprint density at radius 1 is 1.27 bits per heavy atom. The highest BCUT2D eigenvalue weighted by Gasteiger charge is 2.47. The molecular formula is C8H12N4O2S. The zero-order valence-electron chi connectivity index (χ0n) is 8.05. The largest absolute Gasteiger partial charge is 0.282 e. The summed E-state index contributed by atoms with van der Waals surface area (Å²) in [5, 5.41) is 10.9. The van der Waals surface area contributed by atoms with Gasteiger partial charge in [0.25, 0.3) is 15.2 Å². The van der Waals surface area contributed by atoms with Gasteiger partial charge in [-0.2, -0.15) is 0 Å². The second kappa shape index (κ2) is 2.79. The molecule has 3 N–H and O–H groups in total. The molecule has 0 radical (unpaired) electrons. The van der Waals surface area contributed by atoms with Gasteiger partial charge in [-0.25, -0.2) is 18.5 Å². The van der Waals surface area contributed by atoms with Crippen LogP contribution in [0.2, 0.25) is 0 Å². The van der Waals surface area contributed by atoms with Crippen LogP contribution in [0.1, 0.15) is 31.0 Å². The summed E-state index contributed by atoms with van der Waals surface area (Å²) in [6, 6.07) is 0. The van der Waals surface area contributed by atoms with Gasteiger partial charge in [-0.3, -0.25) is 5.10 Å². The maximum absolute atomic E-state index is 11.0. The van der Waals surface area contributed by atoms with Crippen LogP contribution in [0.25, 0.3) is 0 Å². The zero-order valence-corrected chi connectivity index (χ0v) is 8.87. The lowest BCUT2D eigenvalue weighted by Crippen LogP contribution is -2.14. The summed E-state index contributed by atoms with van der Waals surface area (Å²) in [7, 11) is -3.77. The summed E-state index contributed by atoms with van der Waals surface area (Å²) in [4.78, 5) is 3.94. The van der Waals surface area contributed by atoms with E-state index in [2.05, 4.69) is 15.2 Å². The summed E-state index contributed by atoms with van der Waals surface area (Å²) in [6.45, 7) is 0. The monoisotopic (exact) mass is 228 g/mol. The number of aromatic nitrogens is 3. The predicted octanol–water partition coefficient (Wildman–Crippen LogP) is -0.0344. The van der Waals surface area contributed by atoms with Gasteiger partial charge in [-0.05, 0) is 31.1 Å². The van der Waals surface area contributed by atoms with Crippen LogP contribution in [0, 0.1) is 11.8 Å². The highest BCUT2D eigenvalue weighted by molar-refractivity contribution is 7.89. The lowest BCUT2D eigenvalue weighted by Gasteiger charge is -2.05. The molecule has 2 fully saturated rings. The van der Waals surface area contributed by atoms with Crippen molar-refractivity contribution in [2.24, 2.45) is 17.0 Å². The van der Waals surface area contributed by atoms with Gasteiger partial charge in [0.1, 0.15) is 5.82 Å². The van der Waals surface area contributed by atoms with Crippen molar-refractivity contribution >= 4 is 10.0 Å². The van der Waals surface area contributed by atoms with Crippen molar-refractivity contribution in [1.29, 1.82) is 0 Å². The van der Waals surface area contributed by atoms with Gasteiger partial charge in [0.15, 0.2) is 0 Å². The second-order valence-corrected chi connectivity index (χ2v) is 5.93. The molecule has 1 aromatic rings. The van der Waals surface area contributed by atoms with Crippen LogP contribution in [-0.4, -0.2) is 23.6 Å². The summed E-state index contributed by atoms with van der Waals surface area (Å²) >= 11 is 0. The van der Waals surface area contributed by atoms with Crippen LogP contribution in [0.5, 0.6) is 0 Å². The molecule has 3 rings (SSSR count). The van der Waals surface area contributed by atoms with E-state index in [1.54, 1.807) is 0 Å². The fraction of sp³-hybridized carbons (Fsp3) is 0.750. The molecule has 2 unspecified atom stereocenters. The highest BCUT2D eigenvalue weighted by atomic mass is 32.2. The van der Waals surface area contributed by atoms with Crippen LogP contribution < -0.4 is 5.14 Å². The second-order valence-electron chi connectivity index (χ2n) is 4.47. The quantitative estimate of drug-likeness (QED) is 0.741. The molecular weight excluding hydrogens is 216 g/mol. The third-order valence-corrected chi connectivity index (χ3v) is 4.06. The van der Waals surface area contributed by atoms with E-state index in [4.69, 9.17) is 5.14 Å². The third kappa shape index (κ3) is 1.55. The SMILES string of the molecule is NS(=O)(=O)c1n[nH]c(C2CC3CC3C2)n1. The number of H-pyrrole nitrogens is 1. The van der Waals surface area contributed by atoms with Gasteiger partial charge in [0.2, 0.25) is 0 Å². The minimum Gasteiger partial charge on any atom is -0.262 e. The first-order chi connectivity index (χ1) is 7.04. The van der Waals surface area contributed by atoms with Crippen molar-refractivity contribution in [3.05, 3.63) is 5.82 Å². The van der Waals surface area contributed by atoms with Gasteiger partial charge in [0.05, 0.1) is 0 Å². The van der Waals surface area contributed by atoms with Gasteiger partial charge in [-0.1, -0.05) is 0 Å². The molecule has 2 aliphatic carbocycles. The Morgan fingerprint density at radius 3 is 2.47 bits per heavy atom. The maximum Gasteiger partial charge on any atom is 0.282 e. The van der Waals surface area contributed by atoms with Crippen LogP contribution in [0.4, 0.5) is 0 Å². The summed E-state index contributed by atoms with van der Waals surface area (Å²) in [6.07, 6.45) is 3.53. The Bertz CT molecular complexity index is 484. The molecule has 2 saturated carbocycles. The summed E-state index contributed by atoms with van der Waals surface area (Å²) in [5.74, 6) is 2.68. The summed E-state index contributed by atoms with van der Waals surface area (Å²) in [5.41, 5.74) is 0. The topological polar surface area (TPSA) is 102 Å². The molecule has 1 aromatic heterocycles. The average molecular weight is 228 g/mol. The number of nitrogens with one attached hydrogen (secondary N) is 1. The number of fused-ring (bicyclic) bond motifs is 1. The number of primary sulfonamides is 1. The number of nitrogens with two attached hydrogens (primary N) is 1. The molecule has 0 saturated heterocycles. The Balaban J connectivity index is 1.84. The molecule has 15 heavy (non-hydrogen) atoms. The molecule has 0 aliphatic heterocycles. The molecule has 0 aromatic carbocycles. The van der Waals surface area contributed by atoms with Crippen LogP contribution in [-0.2, 0) is 10.0 Å². The number of sulfonamides is 1. The van der Waals surface area contributed by atoms with E-state index in [0.717, 1.165) is 24.7 Å². The third-order valence-electron chi connectivity index (χ3n) is 3.37. The van der Waals surface area contributed by atoms with Gasteiger partial charge >= 0.3 is 0 Å². The Labute approximate surface area is 87.3 Å². The number of hydrogen-bond donors (Lipinski definition) is 2. The molecule has 6 nitrogen and oxygen atoms in total. The number of hydrogen-bond acceptors (Lipinski definition) is 4.